The minimum atomic E-state index is -0.588. The van der Waals surface area contributed by atoms with Gasteiger partial charge in [0.25, 0.3) is 0 Å². The number of nitrogens with two attached hydrogens (primary N) is 1. The lowest BCUT2D eigenvalue weighted by Gasteiger charge is -2.30. The van der Waals surface area contributed by atoms with Crippen LogP contribution in [0.25, 0.3) is 0 Å². The molecule has 1 aliphatic heterocycles. The van der Waals surface area contributed by atoms with Crippen molar-refractivity contribution in [1.82, 2.24) is 10.2 Å². The second-order valence-electron chi connectivity index (χ2n) is 5.54. The van der Waals surface area contributed by atoms with Crippen LogP contribution in [-0.4, -0.2) is 41.4 Å². The highest BCUT2D eigenvalue weighted by Gasteiger charge is 2.33. The molecule has 5 nitrogen and oxygen atoms in total. The summed E-state index contributed by atoms with van der Waals surface area (Å²) >= 11 is 0. The van der Waals surface area contributed by atoms with Crippen molar-refractivity contribution in [2.24, 2.45) is 11.7 Å². The summed E-state index contributed by atoms with van der Waals surface area (Å²) in [6.07, 6.45) is 2.08. The molecule has 0 aliphatic carbocycles. The summed E-state index contributed by atoms with van der Waals surface area (Å²) in [6, 6.07) is -0.787. The van der Waals surface area contributed by atoms with E-state index in [1.807, 2.05) is 18.7 Å². The van der Waals surface area contributed by atoms with Gasteiger partial charge in [0.1, 0.15) is 6.04 Å². The van der Waals surface area contributed by atoms with Crippen LogP contribution in [0.1, 0.15) is 40.5 Å². The van der Waals surface area contributed by atoms with E-state index in [9.17, 15) is 9.59 Å². The third-order valence-electron chi connectivity index (χ3n) is 3.48. The van der Waals surface area contributed by atoms with Gasteiger partial charge >= 0.3 is 0 Å². The number of hydrogen-bond donors (Lipinski definition) is 2. The Labute approximate surface area is 109 Å². The summed E-state index contributed by atoms with van der Waals surface area (Å²) in [5.41, 5.74) is 5.53. The standard InChI is InChI=1S/C13H25N3O2/c1-8(2)11(15-12(17)10(4)14)13(18)16-7-5-6-9(16)3/h8-11H,5-7,14H2,1-4H3,(H,15,17)/t9-,10+,11+/m1/s1. The third-order valence-corrected chi connectivity index (χ3v) is 3.48. The Morgan fingerprint density at radius 2 is 1.94 bits per heavy atom. The molecule has 18 heavy (non-hydrogen) atoms. The molecule has 1 heterocycles. The van der Waals surface area contributed by atoms with Gasteiger partial charge in [-0.25, -0.2) is 0 Å². The molecule has 1 aliphatic rings. The fourth-order valence-corrected chi connectivity index (χ4v) is 2.24. The number of likely N-dealkylation sites (tertiary alicyclic amines) is 1. The Bertz CT molecular complexity index is 315. The van der Waals surface area contributed by atoms with Crippen LogP contribution in [0.5, 0.6) is 0 Å². The van der Waals surface area contributed by atoms with Gasteiger partial charge in [-0.15, -0.1) is 0 Å². The van der Waals surface area contributed by atoms with E-state index in [-0.39, 0.29) is 23.8 Å². The average Bonchev–Trinajstić information content (AvgIpc) is 2.70. The number of rotatable bonds is 4. The van der Waals surface area contributed by atoms with Crippen molar-refractivity contribution in [1.29, 1.82) is 0 Å². The van der Waals surface area contributed by atoms with Gasteiger partial charge in [0.05, 0.1) is 6.04 Å². The molecule has 1 fully saturated rings. The van der Waals surface area contributed by atoms with Gasteiger partial charge in [-0.05, 0) is 32.6 Å². The van der Waals surface area contributed by atoms with Crippen molar-refractivity contribution >= 4 is 11.8 Å². The minimum absolute atomic E-state index is 0.0176. The first-order valence-electron chi connectivity index (χ1n) is 6.71. The molecule has 1 rings (SSSR count). The highest BCUT2D eigenvalue weighted by molar-refractivity contribution is 5.89. The maximum Gasteiger partial charge on any atom is 0.245 e. The normalized spacial score (nSPS) is 23.0. The first-order chi connectivity index (χ1) is 8.34. The molecule has 0 aromatic rings. The summed E-state index contributed by atoms with van der Waals surface area (Å²) in [7, 11) is 0. The molecule has 0 bridgehead atoms. The summed E-state index contributed by atoms with van der Waals surface area (Å²) in [5, 5.41) is 2.76. The van der Waals surface area contributed by atoms with Gasteiger partial charge in [-0.2, -0.15) is 0 Å². The zero-order valence-electron chi connectivity index (χ0n) is 11.8. The van der Waals surface area contributed by atoms with Crippen LogP contribution in [-0.2, 0) is 9.59 Å². The van der Waals surface area contributed by atoms with E-state index in [0.29, 0.717) is 0 Å². The largest absolute Gasteiger partial charge is 0.343 e. The molecule has 0 radical (unpaired) electrons. The zero-order chi connectivity index (χ0) is 13.9. The van der Waals surface area contributed by atoms with Crippen molar-refractivity contribution in [2.45, 2.75) is 58.7 Å². The molecule has 104 valence electrons. The second kappa shape index (κ2) is 6.18. The Hall–Kier alpha value is -1.10. The molecule has 2 amide bonds. The maximum atomic E-state index is 12.4. The number of hydrogen-bond acceptors (Lipinski definition) is 3. The fourth-order valence-electron chi connectivity index (χ4n) is 2.24. The molecular weight excluding hydrogens is 230 g/mol. The van der Waals surface area contributed by atoms with Crippen LogP contribution in [0.3, 0.4) is 0 Å². The highest BCUT2D eigenvalue weighted by Crippen LogP contribution is 2.19. The molecule has 0 aromatic carbocycles. The van der Waals surface area contributed by atoms with E-state index in [4.69, 9.17) is 5.73 Å². The van der Waals surface area contributed by atoms with Crippen molar-refractivity contribution in [3.05, 3.63) is 0 Å². The lowest BCUT2D eigenvalue weighted by molar-refractivity contribution is -0.138. The maximum absolute atomic E-state index is 12.4. The number of nitrogens with one attached hydrogen (secondary N) is 1. The van der Waals surface area contributed by atoms with E-state index in [1.54, 1.807) is 6.92 Å². The van der Waals surface area contributed by atoms with Gasteiger partial charge in [-0.3, -0.25) is 9.59 Å². The minimum Gasteiger partial charge on any atom is -0.343 e. The first kappa shape index (κ1) is 15.0. The zero-order valence-corrected chi connectivity index (χ0v) is 11.8. The Morgan fingerprint density at radius 3 is 2.33 bits per heavy atom. The van der Waals surface area contributed by atoms with Crippen LogP contribution in [0.15, 0.2) is 0 Å². The third kappa shape index (κ3) is 3.45. The molecule has 3 atom stereocenters. The number of nitrogens with zero attached hydrogens (tertiary/aromatic N) is 1. The fraction of sp³-hybridized carbons (Fsp3) is 0.846. The van der Waals surface area contributed by atoms with Gasteiger partial charge in [0.2, 0.25) is 11.8 Å². The summed E-state index contributed by atoms with van der Waals surface area (Å²) < 4.78 is 0. The molecule has 0 unspecified atom stereocenters. The molecule has 0 saturated carbocycles. The van der Waals surface area contributed by atoms with Crippen molar-refractivity contribution in [3.63, 3.8) is 0 Å². The Kier molecular flexibility index (Phi) is 5.14. The van der Waals surface area contributed by atoms with Gasteiger partial charge in [0, 0.05) is 12.6 Å². The smallest absolute Gasteiger partial charge is 0.245 e. The summed E-state index contributed by atoms with van der Waals surface area (Å²) in [6.45, 7) is 8.33. The molecule has 0 aromatic heterocycles. The van der Waals surface area contributed by atoms with E-state index in [2.05, 4.69) is 12.2 Å². The first-order valence-corrected chi connectivity index (χ1v) is 6.71. The van der Waals surface area contributed by atoms with E-state index in [0.717, 1.165) is 19.4 Å². The predicted molar refractivity (Wildman–Crippen MR) is 70.8 cm³/mol. The quantitative estimate of drug-likeness (QED) is 0.767. The number of carbonyl (C=O) groups is 2. The summed E-state index contributed by atoms with van der Waals surface area (Å²) in [5.74, 6) is -0.189. The molecule has 1 saturated heterocycles. The second-order valence-corrected chi connectivity index (χ2v) is 5.54. The Balaban J connectivity index is 2.72. The van der Waals surface area contributed by atoms with Gasteiger partial charge in [0.15, 0.2) is 0 Å². The molecule has 3 N–H and O–H groups in total. The van der Waals surface area contributed by atoms with Crippen molar-refractivity contribution < 1.29 is 9.59 Å². The van der Waals surface area contributed by atoms with E-state index >= 15 is 0 Å². The number of carbonyl (C=O) groups excluding carboxylic acids is 2. The van der Waals surface area contributed by atoms with Crippen LogP contribution in [0, 0.1) is 5.92 Å². The monoisotopic (exact) mass is 255 g/mol. The SMILES string of the molecule is CC(C)[C@H](NC(=O)[C@H](C)N)C(=O)N1CCC[C@H]1C. The van der Waals surface area contributed by atoms with Crippen LogP contribution < -0.4 is 11.1 Å². The molecule has 0 spiro atoms. The van der Waals surface area contributed by atoms with Crippen molar-refractivity contribution in [3.8, 4) is 0 Å². The average molecular weight is 255 g/mol. The lowest BCUT2D eigenvalue weighted by atomic mass is 10.0. The predicted octanol–water partition coefficient (Wildman–Crippen LogP) is 0.485. The van der Waals surface area contributed by atoms with Crippen molar-refractivity contribution in [2.75, 3.05) is 6.54 Å². The number of amides is 2. The topological polar surface area (TPSA) is 75.4 Å². The van der Waals surface area contributed by atoms with Gasteiger partial charge < -0.3 is 16.0 Å². The molecular formula is C13H25N3O2. The van der Waals surface area contributed by atoms with Crippen LogP contribution >= 0.6 is 0 Å². The van der Waals surface area contributed by atoms with Gasteiger partial charge in [-0.1, -0.05) is 13.8 Å². The van der Waals surface area contributed by atoms with Crippen LogP contribution in [0.4, 0.5) is 0 Å². The molecule has 5 heteroatoms. The Morgan fingerprint density at radius 1 is 1.33 bits per heavy atom. The highest BCUT2D eigenvalue weighted by atomic mass is 16.2. The van der Waals surface area contributed by atoms with E-state index < -0.39 is 12.1 Å². The summed E-state index contributed by atoms with van der Waals surface area (Å²) in [4.78, 5) is 25.9. The van der Waals surface area contributed by atoms with E-state index in [1.165, 1.54) is 0 Å². The van der Waals surface area contributed by atoms with Crippen LogP contribution in [0.2, 0.25) is 0 Å². The lowest BCUT2D eigenvalue weighted by Crippen LogP contribution is -2.54.